The summed E-state index contributed by atoms with van der Waals surface area (Å²) in [6.07, 6.45) is 0. The van der Waals surface area contributed by atoms with Crippen molar-refractivity contribution in [1.82, 2.24) is 0 Å². The second-order valence-corrected chi connectivity index (χ2v) is 6.20. The van der Waals surface area contributed by atoms with E-state index in [9.17, 15) is 14.9 Å². The van der Waals surface area contributed by atoms with Crippen LogP contribution in [-0.2, 0) is 4.79 Å². The van der Waals surface area contributed by atoms with Crippen molar-refractivity contribution < 1.29 is 9.72 Å². The van der Waals surface area contributed by atoms with Crippen molar-refractivity contribution in [2.75, 3.05) is 5.32 Å². The Morgan fingerprint density at radius 3 is 2.61 bits per heavy atom. The monoisotopic (exact) mass is 373 g/mol. The Balaban J connectivity index is 2.13. The molecule has 2 aromatic carbocycles. The van der Waals surface area contributed by atoms with Crippen LogP contribution >= 0.6 is 15.9 Å². The van der Waals surface area contributed by atoms with Gasteiger partial charge in [-0.05, 0) is 37.6 Å². The van der Waals surface area contributed by atoms with Crippen LogP contribution < -0.4 is 5.32 Å². The first-order valence-corrected chi connectivity index (χ1v) is 7.61. The number of nitrogens with zero attached hydrogens (tertiary/aromatic N) is 2. The summed E-state index contributed by atoms with van der Waals surface area (Å²) in [6, 6.07) is 8.36. The molecule has 1 heterocycles. The molecule has 0 unspecified atom stereocenters. The molecule has 7 heteroatoms. The second kappa shape index (κ2) is 5.58. The van der Waals surface area contributed by atoms with Crippen LogP contribution in [-0.4, -0.2) is 16.5 Å². The average molecular weight is 374 g/mol. The van der Waals surface area contributed by atoms with Gasteiger partial charge in [0.1, 0.15) is 5.71 Å². The molecular weight excluding hydrogens is 362 g/mol. The summed E-state index contributed by atoms with van der Waals surface area (Å²) >= 11 is 3.41. The standard InChI is InChI=1S/C16H12BrN3O3/c1-8-3-4-11(7-13(8)20(22)23)18-15-12-6-10(17)5-9(2)14(12)19-16(15)21/h3-7H,1-2H3,(H,18,19,21). The molecule has 1 aliphatic heterocycles. The Kier molecular flexibility index (Phi) is 3.73. The molecule has 1 aliphatic rings. The summed E-state index contributed by atoms with van der Waals surface area (Å²) in [7, 11) is 0. The fourth-order valence-electron chi connectivity index (χ4n) is 2.49. The first-order chi connectivity index (χ1) is 10.9. The van der Waals surface area contributed by atoms with Gasteiger partial charge in [0.25, 0.3) is 11.6 Å². The summed E-state index contributed by atoms with van der Waals surface area (Å²) in [5, 5.41) is 13.8. The van der Waals surface area contributed by atoms with Gasteiger partial charge in [0.2, 0.25) is 0 Å². The minimum Gasteiger partial charge on any atom is -0.320 e. The van der Waals surface area contributed by atoms with Gasteiger partial charge in [-0.3, -0.25) is 14.9 Å². The highest BCUT2D eigenvalue weighted by Gasteiger charge is 2.28. The van der Waals surface area contributed by atoms with E-state index in [-0.39, 0.29) is 17.3 Å². The van der Waals surface area contributed by atoms with E-state index in [0.29, 0.717) is 16.8 Å². The smallest absolute Gasteiger partial charge is 0.275 e. The maximum Gasteiger partial charge on any atom is 0.275 e. The van der Waals surface area contributed by atoms with Crippen LogP contribution in [0.5, 0.6) is 0 Å². The molecule has 2 aromatic rings. The summed E-state index contributed by atoms with van der Waals surface area (Å²) < 4.78 is 0.841. The van der Waals surface area contributed by atoms with Crippen molar-refractivity contribution in [2.24, 2.45) is 4.99 Å². The number of hydrogen-bond donors (Lipinski definition) is 1. The number of carbonyl (C=O) groups excluding carboxylic acids is 1. The number of aryl methyl sites for hydroxylation is 2. The number of aliphatic imine (C=N–C) groups is 1. The largest absolute Gasteiger partial charge is 0.320 e. The summed E-state index contributed by atoms with van der Waals surface area (Å²) in [6.45, 7) is 3.55. The highest BCUT2D eigenvalue weighted by Crippen LogP contribution is 2.33. The molecule has 0 aliphatic carbocycles. The highest BCUT2D eigenvalue weighted by molar-refractivity contribution is 9.10. The van der Waals surface area contributed by atoms with E-state index in [1.165, 1.54) is 6.07 Å². The van der Waals surface area contributed by atoms with Gasteiger partial charge in [0, 0.05) is 21.7 Å². The fraction of sp³-hybridized carbons (Fsp3) is 0.125. The van der Waals surface area contributed by atoms with Crippen molar-refractivity contribution in [2.45, 2.75) is 13.8 Å². The van der Waals surface area contributed by atoms with E-state index in [2.05, 4.69) is 26.2 Å². The van der Waals surface area contributed by atoms with Gasteiger partial charge in [-0.25, -0.2) is 4.99 Å². The number of amides is 1. The van der Waals surface area contributed by atoms with Crippen LogP contribution in [0.3, 0.4) is 0 Å². The van der Waals surface area contributed by atoms with E-state index in [0.717, 1.165) is 15.7 Å². The molecule has 6 nitrogen and oxygen atoms in total. The average Bonchev–Trinajstić information content (AvgIpc) is 2.78. The molecule has 23 heavy (non-hydrogen) atoms. The van der Waals surface area contributed by atoms with Gasteiger partial charge in [0.05, 0.1) is 16.3 Å². The quantitative estimate of drug-likeness (QED) is 0.636. The minimum atomic E-state index is -0.456. The molecule has 0 bridgehead atoms. The van der Waals surface area contributed by atoms with Crippen molar-refractivity contribution in [3.05, 3.63) is 61.6 Å². The highest BCUT2D eigenvalue weighted by atomic mass is 79.9. The third-order valence-corrected chi connectivity index (χ3v) is 4.10. The third kappa shape index (κ3) is 2.75. The molecule has 3 rings (SSSR count). The number of nitro groups is 1. The number of halogens is 1. The summed E-state index contributed by atoms with van der Waals surface area (Å²) in [5.41, 5.74) is 3.48. The molecule has 0 radical (unpaired) electrons. The molecule has 116 valence electrons. The number of rotatable bonds is 2. The zero-order valence-electron chi connectivity index (χ0n) is 12.4. The van der Waals surface area contributed by atoms with E-state index in [1.807, 2.05) is 19.1 Å². The van der Waals surface area contributed by atoms with Crippen LogP contribution in [0.15, 0.2) is 39.8 Å². The van der Waals surface area contributed by atoms with E-state index < -0.39 is 4.92 Å². The Bertz CT molecular complexity index is 890. The van der Waals surface area contributed by atoms with E-state index in [4.69, 9.17) is 0 Å². The van der Waals surface area contributed by atoms with Crippen molar-refractivity contribution in [3.63, 3.8) is 0 Å². The number of anilines is 1. The predicted octanol–water partition coefficient (Wildman–Crippen LogP) is 4.05. The van der Waals surface area contributed by atoms with Crippen molar-refractivity contribution >= 4 is 44.6 Å². The normalized spacial score (nSPS) is 14.7. The Morgan fingerprint density at radius 1 is 1.17 bits per heavy atom. The van der Waals surface area contributed by atoms with Gasteiger partial charge >= 0.3 is 0 Å². The van der Waals surface area contributed by atoms with Crippen LogP contribution in [0.4, 0.5) is 17.1 Å². The maximum atomic E-state index is 12.2. The van der Waals surface area contributed by atoms with Gasteiger partial charge in [-0.15, -0.1) is 0 Å². The lowest BCUT2D eigenvalue weighted by Gasteiger charge is -2.03. The number of benzene rings is 2. The molecule has 0 saturated carbocycles. The number of fused-ring (bicyclic) bond motifs is 1. The minimum absolute atomic E-state index is 0.0177. The molecule has 0 saturated heterocycles. The van der Waals surface area contributed by atoms with Gasteiger partial charge < -0.3 is 5.32 Å². The number of carbonyl (C=O) groups is 1. The Labute approximate surface area is 140 Å². The zero-order chi connectivity index (χ0) is 16.7. The Hall–Kier alpha value is -2.54. The Morgan fingerprint density at radius 2 is 1.91 bits per heavy atom. The lowest BCUT2D eigenvalue weighted by atomic mass is 10.1. The first-order valence-electron chi connectivity index (χ1n) is 6.82. The lowest BCUT2D eigenvalue weighted by molar-refractivity contribution is -0.385. The fourth-order valence-corrected chi connectivity index (χ4v) is 3.07. The first kappa shape index (κ1) is 15.4. The van der Waals surface area contributed by atoms with E-state index >= 15 is 0 Å². The predicted molar refractivity (Wildman–Crippen MR) is 91.5 cm³/mol. The third-order valence-electron chi connectivity index (χ3n) is 3.64. The van der Waals surface area contributed by atoms with Crippen LogP contribution in [0.25, 0.3) is 0 Å². The van der Waals surface area contributed by atoms with Crippen molar-refractivity contribution in [1.29, 1.82) is 0 Å². The van der Waals surface area contributed by atoms with Crippen LogP contribution in [0.1, 0.15) is 16.7 Å². The lowest BCUT2D eigenvalue weighted by Crippen LogP contribution is -2.14. The molecule has 0 fully saturated rings. The van der Waals surface area contributed by atoms with Crippen LogP contribution in [0.2, 0.25) is 0 Å². The molecule has 0 atom stereocenters. The maximum absolute atomic E-state index is 12.2. The van der Waals surface area contributed by atoms with Crippen LogP contribution in [0, 0.1) is 24.0 Å². The molecule has 0 aromatic heterocycles. The molecule has 1 amide bonds. The summed E-state index contributed by atoms with van der Waals surface area (Å²) in [4.78, 5) is 27.1. The zero-order valence-corrected chi connectivity index (χ0v) is 14.0. The van der Waals surface area contributed by atoms with Gasteiger partial charge in [0.15, 0.2) is 0 Å². The van der Waals surface area contributed by atoms with Crippen molar-refractivity contribution in [3.8, 4) is 0 Å². The number of nitrogens with one attached hydrogen (secondary N) is 1. The number of hydrogen-bond acceptors (Lipinski definition) is 4. The number of nitro benzene ring substituents is 1. The van der Waals surface area contributed by atoms with Gasteiger partial charge in [-0.2, -0.15) is 0 Å². The molecule has 0 spiro atoms. The topological polar surface area (TPSA) is 84.6 Å². The molecular formula is C16H12BrN3O3. The second-order valence-electron chi connectivity index (χ2n) is 5.29. The summed E-state index contributed by atoms with van der Waals surface area (Å²) in [5.74, 6) is -0.315. The van der Waals surface area contributed by atoms with E-state index in [1.54, 1.807) is 19.1 Å². The van der Waals surface area contributed by atoms with Gasteiger partial charge in [-0.1, -0.05) is 22.0 Å². The molecule has 1 N–H and O–H groups in total. The SMILES string of the molecule is Cc1ccc(N=C2C(=O)Nc3c(C)cc(Br)cc32)cc1[N+](=O)[O-].